The maximum absolute atomic E-state index is 12.1. The maximum atomic E-state index is 12.1. The number of oxime groups is 1. The van der Waals surface area contributed by atoms with Crippen molar-refractivity contribution in [2.24, 2.45) is 5.16 Å². The third kappa shape index (κ3) is 1.95. The Morgan fingerprint density at radius 3 is 2.42 bits per heavy atom. The van der Waals surface area contributed by atoms with Gasteiger partial charge in [0.15, 0.2) is 0 Å². The van der Waals surface area contributed by atoms with Gasteiger partial charge in [-0.3, -0.25) is 0 Å². The molecule has 1 rings (SSSR count). The largest absolute Gasteiger partial charge is 0.411 e. The van der Waals surface area contributed by atoms with E-state index in [-0.39, 0.29) is 5.71 Å². The Labute approximate surface area is 74.3 Å². The van der Waals surface area contributed by atoms with E-state index in [1.165, 1.54) is 0 Å². The molecule has 0 saturated heterocycles. The van der Waals surface area contributed by atoms with Gasteiger partial charge in [0.2, 0.25) is 0 Å². The van der Waals surface area contributed by atoms with E-state index in [9.17, 15) is 4.39 Å². The molecule has 0 aromatic heterocycles. The summed E-state index contributed by atoms with van der Waals surface area (Å²) in [5.74, 6) is 0. The number of rotatable bonds is 2. The first-order valence-electron chi connectivity index (χ1n) is 3.30. The van der Waals surface area contributed by atoms with Crippen LogP contribution in [0.5, 0.6) is 0 Å². The third-order valence-electron chi connectivity index (χ3n) is 1.42. The van der Waals surface area contributed by atoms with Crippen molar-refractivity contribution < 1.29 is 9.60 Å². The summed E-state index contributed by atoms with van der Waals surface area (Å²) in [7, 11) is 0. The third-order valence-corrected chi connectivity index (χ3v) is 1.68. The Morgan fingerprint density at radius 2 is 2.00 bits per heavy atom. The molecule has 0 radical (unpaired) electrons. The highest BCUT2D eigenvalue weighted by atomic mass is 35.5. The van der Waals surface area contributed by atoms with Crippen LogP contribution in [0.15, 0.2) is 29.4 Å². The first-order valence-corrected chi connectivity index (χ1v) is 3.68. The Morgan fingerprint density at radius 1 is 1.42 bits per heavy atom. The van der Waals surface area contributed by atoms with Gasteiger partial charge in [-0.05, 0) is 12.1 Å². The van der Waals surface area contributed by atoms with E-state index in [1.54, 1.807) is 24.3 Å². The minimum absolute atomic E-state index is 0.00617. The van der Waals surface area contributed by atoms with Gasteiger partial charge in [-0.15, -0.1) is 0 Å². The Bertz CT molecular complexity index is 284. The van der Waals surface area contributed by atoms with Crippen LogP contribution in [0, 0.1) is 0 Å². The molecule has 0 spiro atoms. The van der Waals surface area contributed by atoms with Crippen LogP contribution in [0.25, 0.3) is 0 Å². The zero-order valence-electron chi connectivity index (χ0n) is 6.17. The minimum atomic E-state index is -0.794. The molecule has 0 aliphatic rings. The molecule has 0 atom stereocenters. The van der Waals surface area contributed by atoms with Crippen LogP contribution >= 0.6 is 11.6 Å². The Kier molecular flexibility index (Phi) is 3.05. The van der Waals surface area contributed by atoms with Gasteiger partial charge in [0.05, 0.1) is 0 Å². The fourth-order valence-electron chi connectivity index (χ4n) is 0.804. The summed E-state index contributed by atoms with van der Waals surface area (Å²) in [5.41, 5.74) is 0.538. The highest BCUT2D eigenvalue weighted by Crippen LogP contribution is 2.10. The molecule has 0 saturated carbocycles. The number of benzene rings is 1. The number of alkyl halides is 1. The average molecular weight is 188 g/mol. The molecular formula is C8H7ClFNO. The van der Waals surface area contributed by atoms with Gasteiger partial charge in [0, 0.05) is 10.6 Å². The van der Waals surface area contributed by atoms with E-state index in [1.807, 2.05) is 0 Å². The van der Waals surface area contributed by atoms with Crippen LogP contribution in [0.3, 0.4) is 0 Å². The van der Waals surface area contributed by atoms with Crippen LogP contribution < -0.4 is 0 Å². The second-order valence-corrected chi connectivity index (χ2v) is 2.62. The van der Waals surface area contributed by atoms with Gasteiger partial charge in [-0.2, -0.15) is 0 Å². The molecule has 1 N–H and O–H groups in total. The van der Waals surface area contributed by atoms with E-state index >= 15 is 0 Å². The highest BCUT2D eigenvalue weighted by molar-refractivity contribution is 6.30. The summed E-state index contributed by atoms with van der Waals surface area (Å²) in [4.78, 5) is 0. The van der Waals surface area contributed by atoms with E-state index in [4.69, 9.17) is 16.8 Å². The number of nitrogens with zero attached hydrogens (tertiary/aromatic N) is 1. The normalized spacial score (nSPS) is 11.7. The van der Waals surface area contributed by atoms with Gasteiger partial charge in [0.25, 0.3) is 0 Å². The maximum Gasteiger partial charge on any atom is 0.135 e. The highest BCUT2D eigenvalue weighted by Gasteiger charge is 2.02. The van der Waals surface area contributed by atoms with Gasteiger partial charge in [-0.1, -0.05) is 28.9 Å². The predicted molar refractivity (Wildman–Crippen MR) is 45.8 cm³/mol. The molecule has 0 bridgehead atoms. The molecule has 2 nitrogen and oxygen atoms in total. The van der Waals surface area contributed by atoms with Crippen molar-refractivity contribution in [3.05, 3.63) is 34.9 Å². The lowest BCUT2D eigenvalue weighted by molar-refractivity contribution is 0.316. The molecule has 0 aliphatic carbocycles. The molecule has 1 aromatic carbocycles. The number of hydrogen-bond donors (Lipinski definition) is 1. The smallest absolute Gasteiger partial charge is 0.135 e. The van der Waals surface area contributed by atoms with Gasteiger partial charge >= 0.3 is 0 Å². The molecular weight excluding hydrogens is 181 g/mol. The summed E-state index contributed by atoms with van der Waals surface area (Å²) in [6.07, 6.45) is 0. The molecule has 64 valence electrons. The van der Waals surface area contributed by atoms with Crippen LogP contribution in [-0.2, 0) is 0 Å². The fraction of sp³-hybridized carbons (Fsp3) is 0.125. The molecule has 0 aliphatic heterocycles. The van der Waals surface area contributed by atoms with Crippen molar-refractivity contribution in [1.82, 2.24) is 0 Å². The van der Waals surface area contributed by atoms with Crippen molar-refractivity contribution >= 4 is 17.3 Å². The van der Waals surface area contributed by atoms with Gasteiger partial charge in [0.1, 0.15) is 12.4 Å². The van der Waals surface area contributed by atoms with Crippen LogP contribution in [0.4, 0.5) is 4.39 Å². The summed E-state index contributed by atoms with van der Waals surface area (Å²) >= 11 is 5.61. The fourth-order valence-corrected chi connectivity index (χ4v) is 0.930. The summed E-state index contributed by atoms with van der Waals surface area (Å²) in [5, 5.41) is 11.7. The van der Waals surface area contributed by atoms with Crippen LogP contribution in [0.1, 0.15) is 5.56 Å². The molecule has 0 unspecified atom stereocenters. The second kappa shape index (κ2) is 4.07. The summed E-state index contributed by atoms with van der Waals surface area (Å²) in [6, 6.07) is 6.41. The molecule has 0 amide bonds. The number of hydrogen-bond acceptors (Lipinski definition) is 2. The molecule has 4 heteroatoms. The summed E-state index contributed by atoms with van der Waals surface area (Å²) < 4.78 is 12.1. The molecule has 12 heavy (non-hydrogen) atoms. The zero-order valence-corrected chi connectivity index (χ0v) is 6.92. The van der Waals surface area contributed by atoms with Crippen molar-refractivity contribution in [2.45, 2.75) is 0 Å². The lowest BCUT2D eigenvalue weighted by atomic mass is 10.1. The Hall–Kier alpha value is -1.09. The van der Waals surface area contributed by atoms with Crippen LogP contribution in [-0.4, -0.2) is 17.6 Å². The summed E-state index contributed by atoms with van der Waals surface area (Å²) in [6.45, 7) is -0.794. The second-order valence-electron chi connectivity index (χ2n) is 2.19. The predicted octanol–water partition coefficient (Wildman–Crippen LogP) is 2.49. The average Bonchev–Trinajstić information content (AvgIpc) is 2.10. The van der Waals surface area contributed by atoms with Crippen molar-refractivity contribution in [1.29, 1.82) is 0 Å². The van der Waals surface area contributed by atoms with E-state index in [0.717, 1.165) is 0 Å². The van der Waals surface area contributed by atoms with Crippen molar-refractivity contribution in [3.8, 4) is 0 Å². The van der Waals surface area contributed by atoms with Crippen molar-refractivity contribution in [2.75, 3.05) is 6.67 Å². The van der Waals surface area contributed by atoms with Crippen molar-refractivity contribution in [3.63, 3.8) is 0 Å². The SMILES string of the molecule is ON=C(CF)c1ccc(Cl)cc1. The zero-order chi connectivity index (χ0) is 8.97. The Balaban J connectivity index is 2.96. The standard InChI is InChI=1S/C8H7ClFNO/c9-7-3-1-6(2-4-7)8(5-10)11-12/h1-4,12H,5H2. The quantitative estimate of drug-likeness (QED) is 0.431. The van der Waals surface area contributed by atoms with E-state index in [0.29, 0.717) is 10.6 Å². The topological polar surface area (TPSA) is 32.6 Å². The van der Waals surface area contributed by atoms with Gasteiger partial charge < -0.3 is 5.21 Å². The van der Waals surface area contributed by atoms with E-state index in [2.05, 4.69) is 5.16 Å². The number of halogens is 2. The first kappa shape index (κ1) is 9.00. The molecule has 0 heterocycles. The van der Waals surface area contributed by atoms with E-state index < -0.39 is 6.67 Å². The first-order chi connectivity index (χ1) is 5.77. The molecule has 0 fully saturated rings. The molecule has 1 aromatic rings. The lowest BCUT2D eigenvalue weighted by Gasteiger charge is -1.98. The minimum Gasteiger partial charge on any atom is -0.411 e. The van der Waals surface area contributed by atoms with Crippen LogP contribution in [0.2, 0.25) is 5.02 Å². The van der Waals surface area contributed by atoms with Gasteiger partial charge in [-0.25, -0.2) is 4.39 Å². The lowest BCUT2D eigenvalue weighted by Crippen LogP contribution is -2.02. The monoisotopic (exact) mass is 187 g/mol.